The van der Waals surface area contributed by atoms with Gasteiger partial charge in [0, 0.05) is 17.1 Å². The first-order valence-corrected chi connectivity index (χ1v) is 5.74. The summed E-state index contributed by atoms with van der Waals surface area (Å²) in [6, 6.07) is 3.76. The highest BCUT2D eigenvalue weighted by Crippen LogP contribution is 2.28. The van der Waals surface area contributed by atoms with E-state index in [9.17, 15) is 14.9 Å². The Hall–Kier alpha value is -1.82. The van der Waals surface area contributed by atoms with Gasteiger partial charge in [-0.05, 0) is 18.6 Å². The monoisotopic (exact) mass is 272 g/mol. The number of nitro benzene ring substituents is 1. The SMILES string of the molecule is CCC(CC(=O)O)Nc1cc(Cl)ccc1[N+](=O)[O-]. The number of rotatable bonds is 6. The van der Waals surface area contributed by atoms with Crippen LogP contribution in [0.4, 0.5) is 11.4 Å². The summed E-state index contributed by atoms with van der Waals surface area (Å²) >= 11 is 5.77. The van der Waals surface area contributed by atoms with E-state index in [1.807, 2.05) is 0 Å². The third-order valence-corrected chi connectivity index (χ3v) is 2.66. The molecule has 0 aliphatic heterocycles. The fourth-order valence-corrected chi connectivity index (χ4v) is 1.68. The van der Waals surface area contributed by atoms with Gasteiger partial charge in [0.25, 0.3) is 5.69 Å². The van der Waals surface area contributed by atoms with Crippen molar-refractivity contribution in [1.29, 1.82) is 0 Å². The maximum atomic E-state index is 10.8. The Kier molecular flexibility index (Phi) is 4.91. The Morgan fingerprint density at radius 2 is 2.28 bits per heavy atom. The number of nitrogens with one attached hydrogen (secondary N) is 1. The predicted molar refractivity (Wildman–Crippen MR) is 68.1 cm³/mol. The van der Waals surface area contributed by atoms with Crippen molar-refractivity contribution in [3.63, 3.8) is 0 Å². The minimum absolute atomic E-state index is 0.111. The second kappa shape index (κ2) is 6.20. The van der Waals surface area contributed by atoms with Gasteiger partial charge in [0.15, 0.2) is 0 Å². The number of nitrogens with zero attached hydrogens (tertiary/aromatic N) is 1. The zero-order chi connectivity index (χ0) is 13.7. The lowest BCUT2D eigenvalue weighted by Crippen LogP contribution is -2.22. The van der Waals surface area contributed by atoms with Gasteiger partial charge in [-0.25, -0.2) is 0 Å². The molecule has 7 heteroatoms. The van der Waals surface area contributed by atoms with E-state index in [2.05, 4.69) is 5.32 Å². The van der Waals surface area contributed by atoms with Crippen molar-refractivity contribution in [2.75, 3.05) is 5.32 Å². The molecular weight excluding hydrogens is 260 g/mol. The molecule has 0 fully saturated rings. The van der Waals surface area contributed by atoms with Crippen LogP contribution in [0.15, 0.2) is 18.2 Å². The second-order valence-electron chi connectivity index (χ2n) is 3.77. The van der Waals surface area contributed by atoms with Crippen LogP contribution in [-0.4, -0.2) is 22.0 Å². The normalized spacial score (nSPS) is 11.9. The van der Waals surface area contributed by atoms with Crippen LogP contribution in [0.5, 0.6) is 0 Å². The molecule has 0 radical (unpaired) electrons. The lowest BCUT2D eigenvalue weighted by Gasteiger charge is -2.16. The summed E-state index contributed by atoms with van der Waals surface area (Å²) in [5, 5.41) is 22.8. The molecule has 0 aromatic heterocycles. The minimum atomic E-state index is -0.959. The van der Waals surface area contributed by atoms with Gasteiger partial charge in [0.2, 0.25) is 0 Å². The van der Waals surface area contributed by atoms with Crippen LogP contribution in [0, 0.1) is 10.1 Å². The highest BCUT2D eigenvalue weighted by atomic mass is 35.5. The highest BCUT2D eigenvalue weighted by Gasteiger charge is 2.18. The van der Waals surface area contributed by atoms with E-state index >= 15 is 0 Å². The Morgan fingerprint density at radius 1 is 1.61 bits per heavy atom. The summed E-state index contributed by atoms with van der Waals surface area (Å²) in [6.07, 6.45) is 0.427. The second-order valence-corrected chi connectivity index (χ2v) is 4.20. The molecule has 18 heavy (non-hydrogen) atoms. The first-order chi connectivity index (χ1) is 8.43. The molecule has 0 heterocycles. The van der Waals surface area contributed by atoms with Crippen molar-refractivity contribution in [2.24, 2.45) is 0 Å². The van der Waals surface area contributed by atoms with Crippen LogP contribution in [0.1, 0.15) is 19.8 Å². The molecule has 1 aromatic carbocycles. The van der Waals surface area contributed by atoms with Crippen molar-refractivity contribution < 1.29 is 14.8 Å². The van der Waals surface area contributed by atoms with E-state index in [1.54, 1.807) is 6.92 Å². The van der Waals surface area contributed by atoms with Gasteiger partial charge >= 0.3 is 5.97 Å². The van der Waals surface area contributed by atoms with Gasteiger partial charge in [-0.1, -0.05) is 18.5 Å². The number of hydrogen-bond donors (Lipinski definition) is 2. The van der Waals surface area contributed by atoms with Crippen LogP contribution in [-0.2, 0) is 4.79 Å². The van der Waals surface area contributed by atoms with Crippen molar-refractivity contribution in [3.05, 3.63) is 33.3 Å². The molecule has 6 nitrogen and oxygen atoms in total. The van der Waals surface area contributed by atoms with E-state index in [0.717, 1.165) is 0 Å². The molecule has 0 saturated heterocycles. The van der Waals surface area contributed by atoms with Crippen LogP contribution >= 0.6 is 11.6 Å². The summed E-state index contributed by atoms with van der Waals surface area (Å²) in [6.45, 7) is 1.80. The fourth-order valence-electron chi connectivity index (χ4n) is 1.51. The number of carboxylic acids is 1. The van der Waals surface area contributed by atoms with Gasteiger partial charge in [0.05, 0.1) is 11.3 Å². The summed E-state index contributed by atoms with van der Waals surface area (Å²) in [7, 11) is 0. The molecule has 0 aliphatic carbocycles. The fraction of sp³-hybridized carbons (Fsp3) is 0.364. The number of aliphatic carboxylic acids is 1. The van der Waals surface area contributed by atoms with Crippen LogP contribution < -0.4 is 5.32 Å². The Labute approximate surface area is 109 Å². The molecule has 0 amide bonds. The maximum absolute atomic E-state index is 10.8. The Morgan fingerprint density at radius 3 is 2.78 bits per heavy atom. The predicted octanol–water partition coefficient (Wildman–Crippen LogP) is 2.91. The van der Waals surface area contributed by atoms with Crippen molar-refractivity contribution >= 4 is 28.9 Å². The largest absolute Gasteiger partial charge is 0.481 e. The van der Waals surface area contributed by atoms with E-state index < -0.39 is 10.9 Å². The summed E-state index contributed by atoms with van der Waals surface area (Å²) in [4.78, 5) is 20.9. The van der Waals surface area contributed by atoms with E-state index in [4.69, 9.17) is 16.7 Å². The molecular formula is C11H13ClN2O4. The van der Waals surface area contributed by atoms with E-state index in [0.29, 0.717) is 11.4 Å². The number of halogens is 1. The summed E-state index contributed by atoms with van der Waals surface area (Å²) in [5.41, 5.74) is 0.115. The van der Waals surface area contributed by atoms with E-state index in [-0.39, 0.29) is 23.8 Å². The zero-order valence-corrected chi connectivity index (χ0v) is 10.5. The average Bonchev–Trinajstić information content (AvgIpc) is 2.27. The summed E-state index contributed by atoms with van der Waals surface area (Å²) in [5.74, 6) is -0.959. The zero-order valence-electron chi connectivity index (χ0n) is 9.72. The maximum Gasteiger partial charge on any atom is 0.305 e. The van der Waals surface area contributed by atoms with Crippen molar-refractivity contribution in [2.45, 2.75) is 25.8 Å². The molecule has 1 atom stereocenters. The average molecular weight is 273 g/mol. The molecule has 1 unspecified atom stereocenters. The van der Waals surface area contributed by atoms with Gasteiger partial charge < -0.3 is 10.4 Å². The van der Waals surface area contributed by atoms with Gasteiger partial charge in [-0.15, -0.1) is 0 Å². The molecule has 2 N–H and O–H groups in total. The summed E-state index contributed by atoms with van der Waals surface area (Å²) < 4.78 is 0. The number of carbonyl (C=O) groups is 1. The Bertz CT molecular complexity index is 464. The van der Waals surface area contributed by atoms with Gasteiger partial charge in [-0.3, -0.25) is 14.9 Å². The number of anilines is 1. The third-order valence-electron chi connectivity index (χ3n) is 2.43. The molecule has 0 aliphatic rings. The highest BCUT2D eigenvalue weighted by molar-refractivity contribution is 6.31. The topological polar surface area (TPSA) is 92.5 Å². The number of benzene rings is 1. The van der Waals surface area contributed by atoms with Crippen molar-refractivity contribution in [1.82, 2.24) is 0 Å². The third kappa shape index (κ3) is 3.89. The lowest BCUT2D eigenvalue weighted by molar-refractivity contribution is -0.384. The number of hydrogen-bond acceptors (Lipinski definition) is 4. The molecule has 0 spiro atoms. The molecule has 0 bridgehead atoms. The first kappa shape index (κ1) is 14.2. The van der Waals surface area contributed by atoms with Crippen LogP contribution in [0.3, 0.4) is 0 Å². The first-order valence-electron chi connectivity index (χ1n) is 5.36. The number of nitro groups is 1. The molecule has 1 rings (SSSR count). The molecule has 98 valence electrons. The minimum Gasteiger partial charge on any atom is -0.481 e. The van der Waals surface area contributed by atoms with Gasteiger partial charge in [0.1, 0.15) is 5.69 Å². The quantitative estimate of drug-likeness (QED) is 0.613. The standard InChI is InChI=1S/C11H13ClN2O4/c1-2-8(6-11(15)16)13-9-5-7(12)3-4-10(9)14(17)18/h3-5,8,13H,2,6H2,1H3,(H,15,16). The molecule has 0 saturated carbocycles. The van der Waals surface area contributed by atoms with Crippen LogP contribution in [0.2, 0.25) is 5.02 Å². The number of carboxylic acid groups (broad SMARTS) is 1. The van der Waals surface area contributed by atoms with Crippen LogP contribution in [0.25, 0.3) is 0 Å². The van der Waals surface area contributed by atoms with Crippen molar-refractivity contribution in [3.8, 4) is 0 Å². The van der Waals surface area contributed by atoms with Gasteiger partial charge in [-0.2, -0.15) is 0 Å². The Balaban J connectivity index is 2.96. The van der Waals surface area contributed by atoms with E-state index in [1.165, 1.54) is 18.2 Å². The molecule has 1 aromatic rings. The lowest BCUT2D eigenvalue weighted by atomic mass is 10.1. The smallest absolute Gasteiger partial charge is 0.305 e.